The Morgan fingerprint density at radius 1 is 0.956 bits per heavy atom. The highest BCUT2D eigenvalue weighted by atomic mass is 16.5. The Labute approximate surface area is 264 Å². The number of pyridine rings is 1. The number of piperidine rings is 1. The zero-order chi connectivity index (χ0) is 31.8. The predicted molar refractivity (Wildman–Crippen MR) is 174 cm³/mol. The average molecular weight is 614 g/mol. The number of amides is 1. The van der Waals surface area contributed by atoms with E-state index < -0.39 is 5.97 Å². The number of rotatable bonds is 8. The van der Waals surface area contributed by atoms with Crippen LogP contribution in [-0.2, 0) is 11.3 Å². The topological polar surface area (TPSA) is 119 Å². The Balaban J connectivity index is 0.000000945. The van der Waals surface area contributed by atoms with E-state index in [9.17, 15) is 4.79 Å². The normalized spacial score (nSPS) is 16.9. The molecule has 4 aromatic rings. The Morgan fingerprint density at radius 3 is 2.31 bits per heavy atom. The van der Waals surface area contributed by atoms with E-state index in [1.165, 1.54) is 25.7 Å². The predicted octanol–water partition coefficient (Wildman–Crippen LogP) is 6.99. The molecule has 2 aromatic carbocycles. The number of ether oxygens (including phenoxy) is 2. The smallest absolute Gasteiger partial charge is 0.300 e. The molecule has 1 aliphatic carbocycles. The molecule has 10 heteroatoms. The van der Waals surface area contributed by atoms with Crippen molar-refractivity contribution in [1.29, 1.82) is 0 Å². The molecule has 0 spiro atoms. The van der Waals surface area contributed by atoms with Gasteiger partial charge in [-0.2, -0.15) is 5.10 Å². The van der Waals surface area contributed by atoms with Gasteiger partial charge in [-0.15, -0.1) is 0 Å². The van der Waals surface area contributed by atoms with Crippen LogP contribution in [0.2, 0.25) is 0 Å². The summed E-state index contributed by atoms with van der Waals surface area (Å²) in [5, 5.41) is 17.0. The van der Waals surface area contributed by atoms with Crippen LogP contribution in [0.1, 0.15) is 74.7 Å². The quantitative estimate of drug-likeness (QED) is 0.218. The van der Waals surface area contributed by atoms with Gasteiger partial charge in [0.15, 0.2) is 11.5 Å². The van der Waals surface area contributed by atoms with Crippen LogP contribution in [0.3, 0.4) is 0 Å². The van der Waals surface area contributed by atoms with Gasteiger partial charge in [-0.25, -0.2) is 9.67 Å². The van der Waals surface area contributed by atoms with Gasteiger partial charge in [0.25, 0.3) is 11.9 Å². The number of hydrogen-bond acceptors (Lipinski definition) is 7. The second-order valence-corrected chi connectivity index (χ2v) is 12.0. The van der Waals surface area contributed by atoms with Crippen molar-refractivity contribution < 1.29 is 24.2 Å². The molecule has 2 aromatic heterocycles. The molecule has 0 radical (unpaired) electrons. The number of aliphatic carboxylic acids is 1. The summed E-state index contributed by atoms with van der Waals surface area (Å²) in [4.78, 5) is 28.8. The van der Waals surface area contributed by atoms with Crippen molar-refractivity contribution in [3.05, 3.63) is 71.9 Å². The molecule has 1 saturated heterocycles. The summed E-state index contributed by atoms with van der Waals surface area (Å²) >= 11 is 0. The number of fused-ring (bicyclic) bond motifs is 1. The highest BCUT2D eigenvalue weighted by Crippen LogP contribution is 2.36. The summed E-state index contributed by atoms with van der Waals surface area (Å²) in [6.07, 6.45) is 10.0. The summed E-state index contributed by atoms with van der Waals surface area (Å²) < 4.78 is 13.7. The molecule has 45 heavy (non-hydrogen) atoms. The number of methoxy groups -OCH3 is 1. The van der Waals surface area contributed by atoms with Gasteiger partial charge >= 0.3 is 0 Å². The number of carboxylic acids is 1. The van der Waals surface area contributed by atoms with E-state index in [0.717, 1.165) is 67.4 Å². The lowest BCUT2D eigenvalue weighted by Gasteiger charge is -2.31. The molecule has 2 fully saturated rings. The van der Waals surface area contributed by atoms with E-state index in [1.54, 1.807) is 13.3 Å². The second-order valence-electron chi connectivity index (χ2n) is 12.0. The minimum atomic E-state index is -0.833. The number of aromatic nitrogens is 3. The molecule has 1 saturated carbocycles. The number of likely N-dealkylation sites (tertiary alicyclic amines) is 1. The fourth-order valence-corrected chi connectivity index (χ4v) is 6.06. The fraction of sp³-hybridized carbons (Fsp3) is 0.429. The lowest BCUT2D eigenvalue weighted by Crippen LogP contribution is -2.39. The van der Waals surface area contributed by atoms with Crippen molar-refractivity contribution in [2.75, 3.05) is 25.5 Å². The Kier molecular flexibility index (Phi) is 10.5. The molecule has 238 valence electrons. The standard InChI is InChI=1S/C33H39N5O3.C2H4O2/c1-23-7-6-20-37(21-23)33(39)25-12-16-28(17-13-25)41-29-18-19-34-32-30(29)31(35-26-8-4-3-5-9-26)36-38(32)22-24-10-14-27(40-2)15-11-24;1-2(3)4/h10-19,23,26H,3-9,20-22H2,1-2H3,(H,35,36);1H3,(H,3,4). The first-order chi connectivity index (χ1) is 21.8. The molecule has 3 heterocycles. The minimum Gasteiger partial charge on any atom is -0.497 e. The van der Waals surface area contributed by atoms with Crippen molar-refractivity contribution in [2.24, 2.45) is 5.92 Å². The van der Waals surface area contributed by atoms with Crippen LogP contribution in [0, 0.1) is 5.92 Å². The van der Waals surface area contributed by atoms with Crippen LogP contribution in [0.15, 0.2) is 60.8 Å². The zero-order valence-corrected chi connectivity index (χ0v) is 26.4. The third-order valence-corrected chi connectivity index (χ3v) is 8.31. The first kappa shape index (κ1) is 31.8. The Hall–Kier alpha value is -4.60. The van der Waals surface area contributed by atoms with Crippen LogP contribution in [0.4, 0.5) is 5.82 Å². The van der Waals surface area contributed by atoms with Crippen molar-refractivity contribution in [3.63, 3.8) is 0 Å². The van der Waals surface area contributed by atoms with Crippen molar-refractivity contribution in [3.8, 4) is 17.2 Å². The van der Waals surface area contributed by atoms with Crippen LogP contribution < -0.4 is 14.8 Å². The number of carbonyl (C=O) groups is 2. The fourth-order valence-electron chi connectivity index (χ4n) is 6.06. The SMILES string of the molecule is CC(=O)O.COc1ccc(Cn2nc(NC3CCCCC3)c3c(Oc4ccc(C(=O)N5CCCC(C)C5)cc4)ccnc32)cc1. The molecule has 1 unspecified atom stereocenters. The van der Waals surface area contributed by atoms with Gasteiger partial charge in [0, 0.05) is 43.9 Å². The van der Waals surface area contributed by atoms with Gasteiger partial charge in [0.2, 0.25) is 0 Å². The number of hydrogen-bond donors (Lipinski definition) is 2. The molecule has 10 nitrogen and oxygen atoms in total. The minimum absolute atomic E-state index is 0.0909. The second kappa shape index (κ2) is 14.9. The van der Waals surface area contributed by atoms with Gasteiger partial charge in [-0.3, -0.25) is 9.59 Å². The molecular weight excluding hydrogens is 570 g/mol. The highest BCUT2D eigenvalue weighted by Gasteiger charge is 2.23. The van der Waals surface area contributed by atoms with E-state index in [0.29, 0.717) is 35.6 Å². The number of nitrogens with zero attached hydrogens (tertiary/aromatic N) is 4. The first-order valence-corrected chi connectivity index (χ1v) is 15.8. The van der Waals surface area contributed by atoms with Gasteiger partial charge in [-0.05, 0) is 73.6 Å². The Morgan fingerprint density at radius 2 is 1.64 bits per heavy atom. The number of benzene rings is 2. The van der Waals surface area contributed by atoms with E-state index in [1.807, 2.05) is 64.2 Å². The first-order valence-electron chi connectivity index (χ1n) is 15.8. The van der Waals surface area contributed by atoms with Gasteiger partial charge in [0.1, 0.15) is 22.6 Å². The molecule has 6 rings (SSSR count). The molecule has 0 bridgehead atoms. The zero-order valence-electron chi connectivity index (χ0n) is 26.4. The monoisotopic (exact) mass is 613 g/mol. The number of nitrogens with one attached hydrogen (secondary N) is 1. The van der Waals surface area contributed by atoms with E-state index in [4.69, 9.17) is 29.5 Å². The summed E-state index contributed by atoms with van der Waals surface area (Å²) in [6, 6.07) is 17.8. The summed E-state index contributed by atoms with van der Waals surface area (Å²) in [6.45, 7) is 5.52. The average Bonchev–Trinajstić information content (AvgIpc) is 3.39. The third-order valence-electron chi connectivity index (χ3n) is 8.31. The highest BCUT2D eigenvalue weighted by molar-refractivity contribution is 5.95. The molecule has 2 N–H and O–H groups in total. The van der Waals surface area contributed by atoms with E-state index in [2.05, 4.69) is 12.2 Å². The molecular formula is C35H43N5O5. The van der Waals surface area contributed by atoms with Crippen LogP contribution >= 0.6 is 0 Å². The maximum Gasteiger partial charge on any atom is 0.300 e. The van der Waals surface area contributed by atoms with Crippen LogP contribution in [0.5, 0.6) is 17.2 Å². The Bertz CT molecular complexity index is 1570. The summed E-state index contributed by atoms with van der Waals surface area (Å²) in [5.41, 5.74) is 2.57. The van der Waals surface area contributed by atoms with Crippen molar-refractivity contribution in [2.45, 2.75) is 71.4 Å². The maximum atomic E-state index is 13.1. The number of carboxylic acid groups (broad SMARTS) is 1. The van der Waals surface area contributed by atoms with Gasteiger partial charge in [0.05, 0.1) is 13.7 Å². The van der Waals surface area contributed by atoms with Crippen LogP contribution in [-0.4, -0.2) is 62.9 Å². The molecule has 1 aliphatic heterocycles. The van der Waals surface area contributed by atoms with Crippen molar-refractivity contribution >= 4 is 28.7 Å². The molecule has 2 aliphatic rings. The molecule has 1 amide bonds. The third kappa shape index (κ3) is 8.32. The number of anilines is 1. The van der Waals surface area contributed by atoms with Crippen molar-refractivity contribution in [1.82, 2.24) is 19.7 Å². The van der Waals surface area contributed by atoms with E-state index >= 15 is 0 Å². The lowest BCUT2D eigenvalue weighted by atomic mass is 9.95. The molecule has 1 atom stereocenters. The summed E-state index contributed by atoms with van der Waals surface area (Å²) in [7, 11) is 1.67. The largest absolute Gasteiger partial charge is 0.497 e. The maximum absolute atomic E-state index is 13.1. The van der Waals surface area contributed by atoms with E-state index in [-0.39, 0.29) is 5.91 Å². The number of carbonyl (C=O) groups excluding carboxylic acids is 1. The summed E-state index contributed by atoms with van der Waals surface area (Å²) in [5.74, 6) is 2.80. The van der Waals surface area contributed by atoms with Gasteiger partial charge < -0.3 is 24.8 Å². The lowest BCUT2D eigenvalue weighted by molar-refractivity contribution is -0.134. The van der Waals surface area contributed by atoms with Crippen LogP contribution in [0.25, 0.3) is 11.0 Å². The van der Waals surface area contributed by atoms with Gasteiger partial charge in [-0.1, -0.05) is 38.3 Å².